The fourth-order valence-electron chi connectivity index (χ4n) is 2.19. The molecule has 102 valence electrons. The van der Waals surface area contributed by atoms with Crippen molar-refractivity contribution in [2.45, 2.75) is 20.8 Å². The van der Waals surface area contributed by atoms with Crippen LogP contribution in [0, 0.1) is 20.8 Å². The van der Waals surface area contributed by atoms with Crippen LogP contribution in [0.1, 0.15) is 16.8 Å². The summed E-state index contributed by atoms with van der Waals surface area (Å²) < 4.78 is 1.94. The standard InChI is InChI=1S/C15H16N4S/c1-9-4-5-12(6-10(9)2)19-11(3)13(7-17-19)14-8-20-15(16)18-14/h4-8H,1-3H3,(H2,16,18). The quantitative estimate of drug-likeness (QED) is 0.783. The van der Waals surface area contributed by atoms with Gasteiger partial charge in [-0.05, 0) is 44.0 Å². The van der Waals surface area contributed by atoms with Gasteiger partial charge < -0.3 is 5.73 Å². The lowest BCUT2D eigenvalue weighted by atomic mass is 10.1. The van der Waals surface area contributed by atoms with Crippen LogP contribution in [0.15, 0.2) is 29.8 Å². The van der Waals surface area contributed by atoms with Crippen molar-refractivity contribution in [3.63, 3.8) is 0 Å². The molecule has 0 aliphatic heterocycles. The maximum Gasteiger partial charge on any atom is 0.180 e. The molecule has 2 heterocycles. The van der Waals surface area contributed by atoms with Crippen LogP contribution >= 0.6 is 11.3 Å². The van der Waals surface area contributed by atoms with E-state index in [1.54, 1.807) is 0 Å². The zero-order valence-electron chi connectivity index (χ0n) is 11.7. The second-order valence-corrected chi connectivity index (χ2v) is 5.78. The number of nitrogens with zero attached hydrogens (tertiary/aromatic N) is 3. The minimum Gasteiger partial charge on any atom is -0.375 e. The molecule has 0 amide bonds. The second-order valence-electron chi connectivity index (χ2n) is 4.90. The summed E-state index contributed by atoms with van der Waals surface area (Å²) in [5.74, 6) is 0. The summed E-state index contributed by atoms with van der Waals surface area (Å²) in [7, 11) is 0. The van der Waals surface area contributed by atoms with Gasteiger partial charge in [0, 0.05) is 10.9 Å². The van der Waals surface area contributed by atoms with Crippen molar-refractivity contribution in [2.75, 3.05) is 5.73 Å². The van der Waals surface area contributed by atoms with E-state index in [1.807, 2.05) is 23.2 Å². The third-order valence-electron chi connectivity index (χ3n) is 3.54. The van der Waals surface area contributed by atoms with Crippen molar-refractivity contribution in [1.82, 2.24) is 14.8 Å². The summed E-state index contributed by atoms with van der Waals surface area (Å²) in [5, 5.41) is 7.03. The molecule has 3 aromatic rings. The second kappa shape index (κ2) is 4.76. The van der Waals surface area contributed by atoms with E-state index in [-0.39, 0.29) is 0 Å². The summed E-state index contributed by atoms with van der Waals surface area (Å²) in [6.45, 7) is 6.27. The summed E-state index contributed by atoms with van der Waals surface area (Å²) in [4.78, 5) is 4.32. The Morgan fingerprint density at radius 3 is 2.60 bits per heavy atom. The van der Waals surface area contributed by atoms with Gasteiger partial charge in [-0.25, -0.2) is 9.67 Å². The molecule has 0 saturated heterocycles. The van der Waals surface area contributed by atoms with Crippen LogP contribution in [0.2, 0.25) is 0 Å². The molecule has 2 aromatic heterocycles. The minimum absolute atomic E-state index is 0.582. The Bertz CT molecular complexity index is 770. The Morgan fingerprint density at radius 2 is 1.95 bits per heavy atom. The largest absolute Gasteiger partial charge is 0.375 e. The molecule has 20 heavy (non-hydrogen) atoms. The molecule has 0 saturated carbocycles. The zero-order valence-corrected chi connectivity index (χ0v) is 12.5. The van der Waals surface area contributed by atoms with Gasteiger partial charge >= 0.3 is 0 Å². The Labute approximate surface area is 121 Å². The number of nitrogens with two attached hydrogens (primary N) is 1. The first-order chi connectivity index (χ1) is 9.56. The van der Waals surface area contributed by atoms with E-state index in [0.29, 0.717) is 5.13 Å². The molecule has 0 radical (unpaired) electrons. The number of thiazole rings is 1. The normalized spacial score (nSPS) is 10.9. The molecule has 0 aliphatic rings. The highest BCUT2D eigenvalue weighted by atomic mass is 32.1. The minimum atomic E-state index is 0.582. The van der Waals surface area contributed by atoms with Crippen LogP contribution in [-0.2, 0) is 0 Å². The lowest BCUT2D eigenvalue weighted by Gasteiger charge is -2.07. The van der Waals surface area contributed by atoms with Crippen LogP contribution in [0.3, 0.4) is 0 Å². The highest BCUT2D eigenvalue weighted by Gasteiger charge is 2.12. The first kappa shape index (κ1) is 12.9. The topological polar surface area (TPSA) is 56.7 Å². The molecule has 0 unspecified atom stereocenters. The molecule has 2 N–H and O–H groups in total. The van der Waals surface area contributed by atoms with Crippen molar-refractivity contribution in [3.05, 3.63) is 46.6 Å². The molecule has 0 aliphatic carbocycles. The van der Waals surface area contributed by atoms with Crippen molar-refractivity contribution in [2.24, 2.45) is 0 Å². The molecule has 5 heteroatoms. The van der Waals surface area contributed by atoms with Crippen LogP contribution in [0.5, 0.6) is 0 Å². The Balaban J connectivity index is 2.08. The first-order valence-electron chi connectivity index (χ1n) is 6.40. The summed E-state index contributed by atoms with van der Waals surface area (Å²) in [6, 6.07) is 6.35. The molecule has 3 rings (SSSR count). The summed E-state index contributed by atoms with van der Waals surface area (Å²) in [6.07, 6.45) is 1.85. The maximum atomic E-state index is 5.70. The van der Waals surface area contributed by atoms with E-state index in [4.69, 9.17) is 5.73 Å². The number of hydrogen-bond donors (Lipinski definition) is 1. The number of hydrogen-bond acceptors (Lipinski definition) is 4. The van der Waals surface area contributed by atoms with E-state index in [0.717, 1.165) is 22.6 Å². The Hall–Kier alpha value is -2.14. The number of nitrogen functional groups attached to an aromatic ring is 1. The molecule has 0 spiro atoms. The number of rotatable bonds is 2. The lowest BCUT2D eigenvalue weighted by Crippen LogP contribution is -2.00. The highest BCUT2D eigenvalue weighted by molar-refractivity contribution is 7.13. The Morgan fingerprint density at radius 1 is 1.15 bits per heavy atom. The van der Waals surface area contributed by atoms with Gasteiger partial charge in [-0.15, -0.1) is 11.3 Å². The smallest absolute Gasteiger partial charge is 0.180 e. The van der Waals surface area contributed by atoms with Gasteiger partial charge in [-0.1, -0.05) is 6.07 Å². The zero-order chi connectivity index (χ0) is 14.3. The predicted molar refractivity (Wildman–Crippen MR) is 83.3 cm³/mol. The molecule has 0 atom stereocenters. The summed E-state index contributed by atoms with van der Waals surface area (Å²) in [5.41, 5.74) is 12.3. The van der Waals surface area contributed by atoms with E-state index in [2.05, 4.69) is 42.1 Å². The SMILES string of the molecule is Cc1ccc(-n2ncc(-c3csc(N)n3)c2C)cc1C. The fraction of sp³-hybridized carbons (Fsp3) is 0.200. The molecule has 1 aromatic carbocycles. The maximum absolute atomic E-state index is 5.70. The highest BCUT2D eigenvalue weighted by Crippen LogP contribution is 2.27. The monoisotopic (exact) mass is 284 g/mol. The first-order valence-corrected chi connectivity index (χ1v) is 7.28. The Kier molecular flexibility index (Phi) is 3.06. The van der Waals surface area contributed by atoms with Crippen molar-refractivity contribution >= 4 is 16.5 Å². The molecular formula is C15H16N4S. The van der Waals surface area contributed by atoms with Crippen LogP contribution in [0.4, 0.5) is 5.13 Å². The lowest BCUT2D eigenvalue weighted by molar-refractivity contribution is 0.845. The molecule has 4 nitrogen and oxygen atoms in total. The van der Waals surface area contributed by atoms with E-state index in [9.17, 15) is 0 Å². The van der Waals surface area contributed by atoms with Gasteiger partial charge in [0.05, 0.1) is 23.3 Å². The fourth-order valence-corrected chi connectivity index (χ4v) is 2.75. The average molecular weight is 284 g/mol. The van der Waals surface area contributed by atoms with E-state index in [1.165, 1.54) is 22.5 Å². The number of benzene rings is 1. The van der Waals surface area contributed by atoms with E-state index >= 15 is 0 Å². The van der Waals surface area contributed by atoms with Gasteiger partial charge in [-0.2, -0.15) is 5.10 Å². The van der Waals surface area contributed by atoms with E-state index < -0.39 is 0 Å². The van der Waals surface area contributed by atoms with Crippen molar-refractivity contribution in [1.29, 1.82) is 0 Å². The molecule has 0 fully saturated rings. The number of aromatic nitrogens is 3. The van der Waals surface area contributed by atoms with Gasteiger partial charge in [0.1, 0.15) is 0 Å². The molecule has 0 bridgehead atoms. The van der Waals surface area contributed by atoms with Gasteiger partial charge in [0.2, 0.25) is 0 Å². The number of aryl methyl sites for hydroxylation is 2. The van der Waals surface area contributed by atoms with Crippen LogP contribution in [0.25, 0.3) is 16.9 Å². The average Bonchev–Trinajstić information content (AvgIpc) is 2.99. The van der Waals surface area contributed by atoms with Crippen molar-refractivity contribution in [3.8, 4) is 16.9 Å². The predicted octanol–water partition coefficient (Wildman–Crippen LogP) is 3.50. The van der Waals surface area contributed by atoms with Crippen LogP contribution in [-0.4, -0.2) is 14.8 Å². The van der Waals surface area contributed by atoms with Crippen LogP contribution < -0.4 is 5.73 Å². The third-order valence-corrected chi connectivity index (χ3v) is 4.22. The van der Waals surface area contributed by atoms with Crippen molar-refractivity contribution < 1.29 is 0 Å². The number of anilines is 1. The van der Waals surface area contributed by atoms with Gasteiger partial charge in [0.15, 0.2) is 5.13 Å². The van der Waals surface area contributed by atoms with Gasteiger partial charge in [0.25, 0.3) is 0 Å². The van der Waals surface area contributed by atoms with Gasteiger partial charge in [-0.3, -0.25) is 0 Å². The third kappa shape index (κ3) is 2.10. The molecular weight excluding hydrogens is 268 g/mol. The summed E-state index contributed by atoms with van der Waals surface area (Å²) >= 11 is 1.45.